The van der Waals surface area contributed by atoms with Crippen molar-refractivity contribution in [2.75, 3.05) is 0 Å². The molecule has 98 valence electrons. The van der Waals surface area contributed by atoms with Gasteiger partial charge in [0.2, 0.25) is 0 Å². The highest BCUT2D eigenvalue weighted by Gasteiger charge is 2.62. The zero-order valence-corrected chi connectivity index (χ0v) is 11.4. The monoisotopic (exact) mass is 238 g/mol. The lowest BCUT2D eigenvalue weighted by atomic mass is 9.70. The molecule has 0 amide bonds. The van der Waals surface area contributed by atoms with E-state index in [1.165, 1.54) is 19.3 Å². The van der Waals surface area contributed by atoms with Crippen LogP contribution in [-0.4, -0.2) is 23.4 Å². The van der Waals surface area contributed by atoms with Crippen LogP contribution in [0.1, 0.15) is 59.3 Å². The van der Waals surface area contributed by atoms with Crippen molar-refractivity contribution in [1.29, 1.82) is 0 Å². The minimum absolute atomic E-state index is 0.118. The van der Waals surface area contributed by atoms with Crippen molar-refractivity contribution in [3.8, 4) is 0 Å². The normalized spacial score (nSPS) is 52.2. The summed E-state index contributed by atoms with van der Waals surface area (Å²) < 4.78 is 6.31. The summed E-state index contributed by atoms with van der Waals surface area (Å²) in [5.74, 6) is 0.830. The zero-order valence-electron chi connectivity index (χ0n) is 11.4. The van der Waals surface area contributed by atoms with E-state index in [0.29, 0.717) is 16.9 Å². The van der Waals surface area contributed by atoms with Gasteiger partial charge in [-0.25, -0.2) is 0 Å². The Morgan fingerprint density at radius 1 is 1.12 bits per heavy atom. The van der Waals surface area contributed by atoms with E-state index in [4.69, 9.17) is 4.74 Å². The average molecular weight is 238 g/mol. The van der Waals surface area contributed by atoms with E-state index in [2.05, 4.69) is 20.8 Å². The molecule has 0 radical (unpaired) electrons. The Labute approximate surface area is 105 Å². The van der Waals surface area contributed by atoms with Gasteiger partial charge in [-0.2, -0.15) is 0 Å². The zero-order chi connectivity index (χ0) is 12.3. The molecule has 3 aliphatic carbocycles. The van der Waals surface area contributed by atoms with E-state index in [1.54, 1.807) is 0 Å². The minimum atomic E-state index is -0.208. The van der Waals surface area contributed by atoms with E-state index in [9.17, 15) is 5.11 Å². The first-order chi connectivity index (χ1) is 7.95. The van der Waals surface area contributed by atoms with Gasteiger partial charge < -0.3 is 9.84 Å². The van der Waals surface area contributed by atoms with Crippen LogP contribution in [0.5, 0.6) is 0 Å². The Kier molecular flexibility index (Phi) is 2.61. The topological polar surface area (TPSA) is 29.5 Å². The van der Waals surface area contributed by atoms with Gasteiger partial charge in [0.1, 0.15) is 0 Å². The summed E-state index contributed by atoms with van der Waals surface area (Å²) in [6.45, 7) is 7.24. The van der Waals surface area contributed by atoms with Gasteiger partial charge in [0.05, 0.1) is 18.3 Å². The minimum Gasteiger partial charge on any atom is -0.390 e. The molecule has 0 aromatic carbocycles. The lowest BCUT2D eigenvalue weighted by Crippen LogP contribution is -2.40. The van der Waals surface area contributed by atoms with Crippen LogP contribution in [0.3, 0.4) is 0 Å². The SMILES string of the molecule is CC1(C)C2CCC1(C)C(OC1CCCC1O)C2. The number of fused-ring (bicyclic) bond motifs is 2. The molecule has 0 aromatic rings. The molecule has 0 heterocycles. The molecule has 17 heavy (non-hydrogen) atoms. The Morgan fingerprint density at radius 2 is 1.88 bits per heavy atom. The van der Waals surface area contributed by atoms with Crippen LogP contribution in [0.4, 0.5) is 0 Å². The van der Waals surface area contributed by atoms with E-state index in [-0.39, 0.29) is 12.2 Å². The van der Waals surface area contributed by atoms with Crippen LogP contribution in [0, 0.1) is 16.7 Å². The Balaban J connectivity index is 1.74. The van der Waals surface area contributed by atoms with Crippen LogP contribution in [-0.2, 0) is 4.74 Å². The molecule has 2 heteroatoms. The number of aliphatic hydroxyl groups is 1. The van der Waals surface area contributed by atoms with Gasteiger partial charge in [0.25, 0.3) is 0 Å². The fourth-order valence-electron chi connectivity index (χ4n) is 4.61. The summed E-state index contributed by atoms with van der Waals surface area (Å²) in [5, 5.41) is 9.91. The highest BCUT2D eigenvalue weighted by Crippen LogP contribution is 2.66. The molecule has 0 spiro atoms. The lowest BCUT2D eigenvalue weighted by molar-refractivity contribution is -0.114. The van der Waals surface area contributed by atoms with Crippen molar-refractivity contribution >= 4 is 0 Å². The predicted octanol–water partition coefficient (Wildman–Crippen LogP) is 3.13. The molecule has 0 saturated heterocycles. The molecule has 5 unspecified atom stereocenters. The number of hydrogen-bond donors (Lipinski definition) is 1. The molecule has 3 fully saturated rings. The van der Waals surface area contributed by atoms with E-state index in [1.807, 2.05) is 0 Å². The maximum absolute atomic E-state index is 9.91. The van der Waals surface area contributed by atoms with Crippen LogP contribution in [0.25, 0.3) is 0 Å². The quantitative estimate of drug-likeness (QED) is 0.801. The summed E-state index contributed by atoms with van der Waals surface area (Å²) in [7, 11) is 0. The highest BCUT2D eigenvalue weighted by molar-refractivity contribution is 5.11. The fourth-order valence-corrected chi connectivity index (χ4v) is 4.61. The van der Waals surface area contributed by atoms with E-state index in [0.717, 1.165) is 25.2 Å². The maximum atomic E-state index is 9.91. The molecule has 3 aliphatic rings. The summed E-state index contributed by atoms with van der Waals surface area (Å²) >= 11 is 0. The van der Waals surface area contributed by atoms with E-state index >= 15 is 0 Å². The Bertz CT molecular complexity index is 312. The van der Waals surface area contributed by atoms with Crippen LogP contribution >= 0.6 is 0 Å². The standard InChI is InChI=1S/C15H26O2/c1-14(2)10-7-8-15(14,3)13(9-10)17-12-6-4-5-11(12)16/h10-13,16H,4-9H2,1-3H3. The second-order valence-corrected chi connectivity index (χ2v) is 7.27. The number of aliphatic hydroxyl groups excluding tert-OH is 1. The molecule has 3 rings (SSSR count). The maximum Gasteiger partial charge on any atom is 0.0838 e. The van der Waals surface area contributed by atoms with Gasteiger partial charge in [0, 0.05) is 0 Å². The highest BCUT2D eigenvalue weighted by atomic mass is 16.5. The fraction of sp³-hybridized carbons (Fsp3) is 1.00. The third-order valence-electron chi connectivity index (χ3n) is 6.47. The lowest BCUT2D eigenvalue weighted by Gasteiger charge is -2.40. The molecule has 5 atom stereocenters. The van der Waals surface area contributed by atoms with Crippen LogP contribution in [0.2, 0.25) is 0 Å². The van der Waals surface area contributed by atoms with Crippen molar-refractivity contribution in [2.45, 2.75) is 77.6 Å². The molecule has 2 bridgehead atoms. The van der Waals surface area contributed by atoms with Crippen molar-refractivity contribution in [1.82, 2.24) is 0 Å². The van der Waals surface area contributed by atoms with Crippen molar-refractivity contribution in [2.24, 2.45) is 16.7 Å². The van der Waals surface area contributed by atoms with Crippen molar-refractivity contribution in [3.63, 3.8) is 0 Å². The second-order valence-electron chi connectivity index (χ2n) is 7.27. The number of hydrogen-bond acceptors (Lipinski definition) is 2. The first kappa shape index (κ1) is 12.0. The van der Waals surface area contributed by atoms with Crippen molar-refractivity contribution in [3.05, 3.63) is 0 Å². The molecule has 0 aromatic heterocycles. The molecule has 1 N–H and O–H groups in total. The molecule has 2 nitrogen and oxygen atoms in total. The second kappa shape index (κ2) is 3.71. The molecular formula is C15H26O2. The summed E-state index contributed by atoms with van der Waals surface area (Å²) in [6.07, 6.45) is 7.30. The van der Waals surface area contributed by atoms with Crippen molar-refractivity contribution < 1.29 is 9.84 Å². The van der Waals surface area contributed by atoms with Gasteiger partial charge in [-0.1, -0.05) is 20.8 Å². The third-order valence-corrected chi connectivity index (χ3v) is 6.47. The van der Waals surface area contributed by atoms with Gasteiger partial charge in [-0.3, -0.25) is 0 Å². The molecular weight excluding hydrogens is 212 g/mol. The third kappa shape index (κ3) is 1.53. The summed E-state index contributed by atoms with van der Waals surface area (Å²) in [4.78, 5) is 0. The number of rotatable bonds is 2. The predicted molar refractivity (Wildman–Crippen MR) is 67.7 cm³/mol. The van der Waals surface area contributed by atoms with Crippen LogP contribution < -0.4 is 0 Å². The molecule has 0 aliphatic heterocycles. The van der Waals surface area contributed by atoms with Gasteiger partial charge in [-0.05, 0) is 55.3 Å². The summed E-state index contributed by atoms with van der Waals surface area (Å²) in [6, 6.07) is 0. The van der Waals surface area contributed by atoms with Gasteiger partial charge in [-0.15, -0.1) is 0 Å². The first-order valence-electron chi connectivity index (χ1n) is 7.29. The largest absolute Gasteiger partial charge is 0.390 e. The smallest absolute Gasteiger partial charge is 0.0838 e. The summed E-state index contributed by atoms with van der Waals surface area (Å²) in [5.41, 5.74) is 0.751. The van der Waals surface area contributed by atoms with Crippen LogP contribution in [0.15, 0.2) is 0 Å². The Hall–Kier alpha value is -0.0800. The Morgan fingerprint density at radius 3 is 2.35 bits per heavy atom. The number of ether oxygens (including phenoxy) is 1. The van der Waals surface area contributed by atoms with Gasteiger partial charge in [0.15, 0.2) is 0 Å². The van der Waals surface area contributed by atoms with E-state index < -0.39 is 0 Å². The molecule has 3 saturated carbocycles. The average Bonchev–Trinajstić information content (AvgIpc) is 2.81. The van der Waals surface area contributed by atoms with Gasteiger partial charge >= 0.3 is 0 Å². The first-order valence-corrected chi connectivity index (χ1v) is 7.29.